The van der Waals surface area contributed by atoms with Gasteiger partial charge in [-0.25, -0.2) is 19.4 Å². The van der Waals surface area contributed by atoms with Gasteiger partial charge in [0.15, 0.2) is 5.65 Å². The van der Waals surface area contributed by atoms with Crippen LogP contribution in [0.5, 0.6) is 0 Å². The summed E-state index contributed by atoms with van der Waals surface area (Å²) in [6.07, 6.45) is 12.5. The van der Waals surface area contributed by atoms with Crippen LogP contribution in [0.15, 0.2) is 12.5 Å². The zero-order chi connectivity index (χ0) is 18.7. The summed E-state index contributed by atoms with van der Waals surface area (Å²) in [5.41, 5.74) is 6.66. The summed E-state index contributed by atoms with van der Waals surface area (Å²) >= 11 is 0. The molecule has 1 aliphatic carbocycles. The quantitative estimate of drug-likeness (QED) is 0.838. The van der Waals surface area contributed by atoms with Crippen LogP contribution in [0.4, 0.5) is 4.79 Å². The van der Waals surface area contributed by atoms with E-state index in [-0.39, 0.29) is 0 Å². The minimum absolute atomic E-state index is 0.494. The predicted molar refractivity (Wildman–Crippen MR) is 103 cm³/mol. The lowest BCUT2D eigenvalue weighted by Crippen LogP contribution is -2.47. The van der Waals surface area contributed by atoms with Crippen molar-refractivity contribution < 1.29 is 4.79 Å². The fourth-order valence-corrected chi connectivity index (χ4v) is 4.67. The summed E-state index contributed by atoms with van der Waals surface area (Å²) in [5.74, 6) is 0. The maximum Gasteiger partial charge on any atom is 0.312 e. The molecule has 0 radical (unpaired) electrons. The maximum atomic E-state index is 11.6. The minimum Gasteiger partial charge on any atom is -0.352 e. The molecule has 0 aromatic carbocycles. The van der Waals surface area contributed by atoms with E-state index in [2.05, 4.69) is 25.3 Å². The Hall–Kier alpha value is -2.22. The number of carbonyl (C=O) groups excluding carboxylic acids is 1. The Morgan fingerprint density at radius 3 is 2.52 bits per heavy atom. The van der Waals surface area contributed by atoms with Crippen molar-refractivity contribution in [3.8, 4) is 0 Å². The third-order valence-corrected chi connectivity index (χ3v) is 6.03. The van der Waals surface area contributed by atoms with Crippen LogP contribution in [0.3, 0.4) is 0 Å². The molecular formula is C19H29N7O. The predicted octanol–water partition coefficient (Wildman–Crippen LogP) is 2.14. The number of rotatable bonds is 5. The number of nitrogens with zero attached hydrogens (tertiary/aromatic N) is 5. The molecule has 2 aromatic rings. The highest BCUT2D eigenvalue weighted by molar-refractivity contribution is 5.80. The van der Waals surface area contributed by atoms with Crippen LogP contribution in [0.2, 0.25) is 0 Å². The number of primary amides is 1. The molecule has 146 valence electrons. The molecule has 2 aliphatic rings. The topological polar surface area (TPSA) is 102 Å². The summed E-state index contributed by atoms with van der Waals surface area (Å²) in [4.78, 5) is 23.2. The molecule has 2 amide bonds. The number of hydrogen-bond donors (Lipinski definition) is 2. The fourth-order valence-electron chi connectivity index (χ4n) is 4.67. The lowest BCUT2D eigenvalue weighted by molar-refractivity contribution is 0.232. The Kier molecular flexibility index (Phi) is 5.24. The molecule has 4 rings (SSSR count). The molecule has 0 atom stereocenters. The summed E-state index contributed by atoms with van der Waals surface area (Å²) in [6, 6.07) is -0.503. The second-order valence-electron chi connectivity index (χ2n) is 7.86. The van der Waals surface area contributed by atoms with Crippen molar-refractivity contribution in [1.29, 1.82) is 0 Å². The standard InChI is InChI=1S/C19H29N7O/c20-18(27)24-19(7-3-4-8-19)16-15-13-23-26(17(15)22-14-21-16)12-11-25-9-5-1-2-6-10-25/h13-14H,1-12H2,(H3,20,24,27). The number of fused-ring (bicyclic) bond motifs is 1. The molecule has 2 fully saturated rings. The van der Waals surface area contributed by atoms with Gasteiger partial charge in [0, 0.05) is 6.54 Å². The molecule has 8 heteroatoms. The van der Waals surface area contributed by atoms with E-state index >= 15 is 0 Å². The first kappa shape index (κ1) is 18.2. The number of amides is 2. The van der Waals surface area contributed by atoms with Gasteiger partial charge >= 0.3 is 6.03 Å². The average molecular weight is 371 g/mol. The molecule has 3 heterocycles. The number of carbonyl (C=O) groups is 1. The van der Waals surface area contributed by atoms with Crippen LogP contribution in [-0.2, 0) is 12.1 Å². The van der Waals surface area contributed by atoms with Crippen LogP contribution >= 0.6 is 0 Å². The number of aromatic nitrogens is 4. The molecule has 8 nitrogen and oxygen atoms in total. The largest absolute Gasteiger partial charge is 0.352 e. The van der Waals surface area contributed by atoms with E-state index in [0.717, 1.165) is 55.5 Å². The second kappa shape index (κ2) is 7.80. The molecule has 1 saturated carbocycles. The van der Waals surface area contributed by atoms with Crippen LogP contribution in [0.1, 0.15) is 57.1 Å². The third kappa shape index (κ3) is 3.76. The van der Waals surface area contributed by atoms with Gasteiger partial charge in [0.1, 0.15) is 6.33 Å². The Labute approximate surface area is 159 Å². The number of likely N-dealkylation sites (tertiary alicyclic amines) is 1. The van der Waals surface area contributed by atoms with E-state index in [0.29, 0.717) is 0 Å². The molecule has 1 saturated heterocycles. The Balaban J connectivity index is 1.58. The highest BCUT2D eigenvalue weighted by Gasteiger charge is 2.39. The van der Waals surface area contributed by atoms with E-state index in [4.69, 9.17) is 5.73 Å². The lowest BCUT2D eigenvalue weighted by atomic mass is 9.91. The Morgan fingerprint density at radius 1 is 1.07 bits per heavy atom. The second-order valence-corrected chi connectivity index (χ2v) is 7.86. The summed E-state index contributed by atoms with van der Waals surface area (Å²) in [6.45, 7) is 4.15. The minimum atomic E-state index is -0.503. The van der Waals surface area contributed by atoms with Crippen LogP contribution in [0.25, 0.3) is 11.0 Å². The van der Waals surface area contributed by atoms with Crippen LogP contribution in [-0.4, -0.2) is 50.3 Å². The van der Waals surface area contributed by atoms with Crippen molar-refractivity contribution in [1.82, 2.24) is 30.0 Å². The van der Waals surface area contributed by atoms with Gasteiger partial charge in [-0.3, -0.25) is 0 Å². The van der Waals surface area contributed by atoms with E-state index in [1.165, 1.54) is 38.8 Å². The highest BCUT2D eigenvalue weighted by Crippen LogP contribution is 2.40. The van der Waals surface area contributed by atoms with E-state index in [1.54, 1.807) is 6.33 Å². The fraction of sp³-hybridized carbons (Fsp3) is 0.684. The molecule has 0 unspecified atom stereocenters. The number of nitrogens with one attached hydrogen (secondary N) is 1. The van der Waals surface area contributed by atoms with E-state index in [9.17, 15) is 4.79 Å². The third-order valence-electron chi connectivity index (χ3n) is 6.03. The van der Waals surface area contributed by atoms with E-state index in [1.807, 2.05) is 10.9 Å². The zero-order valence-corrected chi connectivity index (χ0v) is 15.9. The van der Waals surface area contributed by atoms with Crippen LogP contribution < -0.4 is 11.1 Å². The normalized spacial score (nSPS) is 20.6. The van der Waals surface area contributed by atoms with Gasteiger partial charge in [0.25, 0.3) is 0 Å². The summed E-state index contributed by atoms with van der Waals surface area (Å²) in [5, 5.41) is 8.48. The number of urea groups is 1. The average Bonchev–Trinajstić information content (AvgIpc) is 3.20. The Bertz CT molecular complexity index is 788. The molecule has 0 spiro atoms. The SMILES string of the molecule is NC(=O)NC1(c2ncnc3c2cnn3CCN2CCCCCC2)CCCC1. The smallest absolute Gasteiger partial charge is 0.312 e. The summed E-state index contributed by atoms with van der Waals surface area (Å²) in [7, 11) is 0. The molecular weight excluding hydrogens is 342 g/mol. The van der Waals surface area contributed by atoms with Gasteiger partial charge in [-0.15, -0.1) is 0 Å². The van der Waals surface area contributed by atoms with Gasteiger partial charge in [0.05, 0.1) is 29.4 Å². The lowest BCUT2D eigenvalue weighted by Gasteiger charge is -2.29. The van der Waals surface area contributed by atoms with Crippen LogP contribution in [0, 0.1) is 0 Å². The first-order valence-electron chi connectivity index (χ1n) is 10.1. The monoisotopic (exact) mass is 371 g/mol. The zero-order valence-electron chi connectivity index (χ0n) is 15.9. The van der Waals surface area contributed by atoms with Gasteiger partial charge in [-0.1, -0.05) is 25.7 Å². The molecule has 3 N–H and O–H groups in total. The molecule has 0 bridgehead atoms. The van der Waals surface area contributed by atoms with Crippen molar-refractivity contribution in [2.45, 2.75) is 63.5 Å². The van der Waals surface area contributed by atoms with Crippen molar-refractivity contribution >= 4 is 17.1 Å². The van der Waals surface area contributed by atoms with Gasteiger partial charge in [-0.05, 0) is 38.8 Å². The first-order valence-corrected chi connectivity index (χ1v) is 10.1. The first-order chi connectivity index (χ1) is 13.2. The van der Waals surface area contributed by atoms with Crippen molar-refractivity contribution in [2.24, 2.45) is 5.73 Å². The van der Waals surface area contributed by atoms with Crippen molar-refractivity contribution in [2.75, 3.05) is 19.6 Å². The van der Waals surface area contributed by atoms with E-state index < -0.39 is 11.6 Å². The van der Waals surface area contributed by atoms with Crippen molar-refractivity contribution in [3.05, 3.63) is 18.2 Å². The van der Waals surface area contributed by atoms with Gasteiger partial charge in [-0.2, -0.15) is 5.10 Å². The Morgan fingerprint density at radius 2 is 1.81 bits per heavy atom. The van der Waals surface area contributed by atoms with Gasteiger partial charge in [0.2, 0.25) is 0 Å². The maximum absolute atomic E-state index is 11.6. The molecule has 27 heavy (non-hydrogen) atoms. The number of hydrogen-bond acceptors (Lipinski definition) is 5. The molecule has 2 aromatic heterocycles. The highest BCUT2D eigenvalue weighted by atomic mass is 16.2. The van der Waals surface area contributed by atoms with Crippen molar-refractivity contribution in [3.63, 3.8) is 0 Å². The molecule has 1 aliphatic heterocycles. The summed E-state index contributed by atoms with van der Waals surface area (Å²) < 4.78 is 1.97. The number of nitrogens with two attached hydrogens (primary N) is 1. The van der Waals surface area contributed by atoms with Gasteiger partial charge < -0.3 is 16.0 Å².